The van der Waals surface area contributed by atoms with Crippen LogP contribution in [0.25, 0.3) is 0 Å². The molecule has 2 aliphatic heterocycles. The summed E-state index contributed by atoms with van der Waals surface area (Å²) in [6, 6.07) is 6.32. The van der Waals surface area contributed by atoms with Crippen LogP contribution in [-0.4, -0.2) is 122 Å². The van der Waals surface area contributed by atoms with Crippen LogP contribution >= 0.6 is 0 Å². The Morgan fingerprint density at radius 1 is 0.429 bits per heavy atom. The van der Waals surface area contributed by atoms with E-state index in [9.17, 15) is 38.4 Å². The van der Waals surface area contributed by atoms with Gasteiger partial charge in [0.25, 0.3) is 0 Å². The van der Waals surface area contributed by atoms with Gasteiger partial charge in [-0.2, -0.15) is 0 Å². The van der Waals surface area contributed by atoms with E-state index in [0.29, 0.717) is 11.1 Å². The fraction of sp³-hybridized carbons (Fsp3) is 0.526. The summed E-state index contributed by atoms with van der Waals surface area (Å²) in [4.78, 5) is 95.6. The molecule has 0 aromatic heterocycles. The number of carbonyl (C=O) groups excluding carboxylic acids is 8. The molecule has 0 bridgehead atoms. The van der Waals surface area contributed by atoms with Crippen LogP contribution in [0.3, 0.4) is 0 Å². The molecule has 0 N–H and O–H groups in total. The highest BCUT2D eigenvalue weighted by atomic mass is 16.7. The van der Waals surface area contributed by atoms with E-state index in [2.05, 4.69) is 23.7 Å². The van der Waals surface area contributed by atoms with Gasteiger partial charge in [-0.1, -0.05) is 23.7 Å². The molecule has 0 unspecified atom stereocenters. The lowest BCUT2D eigenvalue weighted by atomic mass is 9.94. The molecule has 18 heteroatoms. The van der Waals surface area contributed by atoms with E-state index in [1.165, 1.54) is 0 Å². The van der Waals surface area contributed by atoms with Gasteiger partial charge in [0.15, 0.2) is 48.8 Å². The van der Waals surface area contributed by atoms with Gasteiger partial charge in [0.05, 0.1) is 0 Å². The standard InChI is InChI=1S/C38H42O18/c1-19(39)47-17-31-35(51-23(5)43)37(53-25(7)45)33(49-21(3)41)29(55-31)15-13-27-9-11-28(12-10-27)14-16-30-34(50-22(4)42)38(54-26(8)46)36(52-24(6)44)32(56-30)18-48-20(2)40/h9-12,29-38H,17-18H2,1-8H3/t29-,30-,31-,32-,33-,34-,35-,36-,37-,38+/m1/s1. The van der Waals surface area contributed by atoms with Crippen molar-refractivity contribution in [3.05, 3.63) is 35.4 Å². The van der Waals surface area contributed by atoms with Crippen molar-refractivity contribution >= 4 is 47.8 Å². The minimum Gasteiger partial charge on any atom is -0.463 e. The molecule has 3 rings (SSSR count). The van der Waals surface area contributed by atoms with E-state index in [1.54, 1.807) is 24.3 Å². The van der Waals surface area contributed by atoms with Gasteiger partial charge in [0, 0.05) is 66.5 Å². The number of rotatable bonds is 10. The van der Waals surface area contributed by atoms with Crippen LogP contribution in [-0.2, 0) is 85.7 Å². The molecule has 2 fully saturated rings. The van der Waals surface area contributed by atoms with Crippen molar-refractivity contribution in [3.8, 4) is 23.7 Å². The summed E-state index contributed by atoms with van der Waals surface area (Å²) in [6.45, 7) is 8.14. The predicted molar refractivity (Wildman–Crippen MR) is 184 cm³/mol. The zero-order chi connectivity index (χ0) is 41.7. The van der Waals surface area contributed by atoms with Crippen LogP contribution in [0.5, 0.6) is 0 Å². The third-order valence-electron chi connectivity index (χ3n) is 7.58. The molecule has 2 heterocycles. The lowest BCUT2D eigenvalue weighted by Gasteiger charge is -2.42. The maximum atomic E-state index is 12.1. The van der Waals surface area contributed by atoms with E-state index in [0.717, 1.165) is 55.4 Å². The summed E-state index contributed by atoms with van der Waals surface area (Å²) in [5, 5.41) is 0. The zero-order valence-electron chi connectivity index (χ0n) is 31.8. The smallest absolute Gasteiger partial charge is 0.303 e. The van der Waals surface area contributed by atoms with Crippen LogP contribution in [0.15, 0.2) is 24.3 Å². The van der Waals surface area contributed by atoms with Crippen molar-refractivity contribution in [1.82, 2.24) is 0 Å². The summed E-state index contributed by atoms with van der Waals surface area (Å²) in [6.07, 6.45) is -13.1. The van der Waals surface area contributed by atoms with Crippen molar-refractivity contribution in [2.24, 2.45) is 0 Å². The molecule has 1 aromatic rings. The van der Waals surface area contributed by atoms with Crippen molar-refractivity contribution in [3.63, 3.8) is 0 Å². The zero-order valence-corrected chi connectivity index (χ0v) is 31.8. The highest BCUT2D eigenvalue weighted by Crippen LogP contribution is 2.31. The second-order valence-corrected chi connectivity index (χ2v) is 12.4. The molecule has 56 heavy (non-hydrogen) atoms. The maximum absolute atomic E-state index is 12.1. The first-order valence-corrected chi connectivity index (χ1v) is 17.1. The van der Waals surface area contributed by atoms with Gasteiger partial charge in [-0.05, 0) is 24.3 Å². The normalized spacial score (nSPS) is 26.5. The summed E-state index contributed by atoms with van der Waals surface area (Å²) in [5.41, 5.74) is 0.825. The SMILES string of the molecule is CC(=O)OC[C@H]1O[C@H](C#Cc2ccc(C#C[C@H]3O[C@H](COC(C)=O)[C@@H](OC(C)=O)[C@@H](OC(C)=O)[C@@H]3OC(C)=O)cc2)[C@@H](OC(C)=O)[C@@H](OC(C)=O)[C@@H]1OC(C)=O. The fourth-order valence-electron chi connectivity index (χ4n) is 5.63. The fourth-order valence-corrected chi connectivity index (χ4v) is 5.63. The summed E-state index contributed by atoms with van der Waals surface area (Å²) < 4.78 is 54.7. The van der Waals surface area contributed by atoms with Gasteiger partial charge in [0.2, 0.25) is 0 Å². The average Bonchev–Trinajstić information content (AvgIpc) is 3.08. The number of esters is 8. The Labute approximate surface area is 322 Å². The number of hydrogen-bond acceptors (Lipinski definition) is 18. The monoisotopic (exact) mass is 786 g/mol. The number of ether oxygens (including phenoxy) is 10. The predicted octanol–water partition coefficient (Wildman–Crippen LogP) is 0.641. The summed E-state index contributed by atoms with van der Waals surface area (Å²) in [5.74, 6) is 5.44. The van der Waals surface area contributed by atoms with Crippen LogP contribution in [0.2, 0.25) is 0 Å². The molecular weight excluding hydrogens is 744 g/mol. The first kappa shape index (κ1) is 44.4. The maximum Gasteiger partial charge on any atom is 0.303 e. The van der Waals surface area contributed by atoms with Gasteiger partial charge in [-0.3, -0.25) is 38.4 Å². The minimum absolute atomic E-state index is 0.413. The van der Waals surface area contributed by atoms with Gasteiger partial charge in [-0.25, -0.2) is 0 Å². The van der Waals surface area contributed by atoms with Crippen molar-refractivity contribution in [2.75, 3.05) is 13.2 Å². The minimum atomic E-state index is -1.39. The first-order valence-electron chi connectivity index (χ1n) is 17.1. The molecule has 0 radical (unpaired) electrons. The molecular formula is C38H42O18. The lowest BCUT2D eigenvalue weighted by molar-refractivity contribution is -0.243. The van der Waals surface area contributed by atoms with E-state index in [1.807, 2.05) is 0 Å². The number of hydrogen-bond donors (Lipinski definition) is 0. The third-order valence-corrected chi connectivity index (χ3v) is 7.58. The van der Waals surface area contributed by atoms with Gasteiger partial charge >= 0.3 is 47.8 Å². The van der Waals surface area contributed by atoms with Gasteiger partial charge in [-0.15, -0.1) is 0 Å². The molecule has 1 aromatic carbocycles. The number of benzene rings is 1. The number of carbonyl (C=O) groups is 8. The van der Waals surface area contributed by atoms with Crippen molar-refractivity contribution in [1.29, 1.82) is 0 Å². The van der Waals surface area contributed by atoms with Crippen molar-refractivity contribution in [2.45, 2.75) is 116 Å². The summed E-state index contributed by atoms with van der Waals surface area (Å²) in [7, 11) is 0. The highest BCUT2D eigenvalue weighted by Gasteiger charge is 2.53. The Hall–Kier alpha value is -5.98. The Morgan fingerprint density at radius 2 is 0.696 bits per heavy atom. The Kier molecular flexibility index (Phi) is 16.4. The van der Waals surface area contributed by atoms with Crippen LogP contribution in [0.1, 0.15) is 66.5 Å². The lowest BCUT2D eigenvalue weighted by Crippen LogP contribution is -2.62. The first-order chi connectivity index (χ1) is 26.3. The topological polar surface area (TPSA) is 229 Å². The van der Waals surface area contributed by atoms with E-state index in [4.69, 9.17) is 47.4 Å². The largest absolute Gasteiger partial charge is 0.463 e. The van der Waals surface area contributed by atoms with Crippen molar-refractivity contribution < 1.29 is 85.7 Å². The molecule has 10 atom stereocenters. The second-order valence-electron chi connectivity index (χ2n) is 12.4. The second kappa shape index (κ2) is 20.6. The molecule has 0 aliphatic carbocycles. The molecule has 302 valence electrons. The van der Waals surface area contributed by atoms with E-state index >= 15 is 0 Å². The molecule has 0 amide bonds. The molecule has 0 saturated carbocycles. The van der Waals surface area contributed by atoms with Crippen LogP contribution in [0.4, 0.5) is 0 Å². The Balaban J connectivity index is 1.97. The quantitative estimate of drug-likeness (QED) is 0.180. The molecule has 2 saturated heterocycles. The van der Waals surface area contributed by atoms with E-state index in [-0.39, 0.29) is 0 Å². The molecule has 0 spiro atoms. The Bertz CT molecular complexity index is 1650. The van der Waals surface area contributed by atoms with Crippen LogP contribution in [0, 0.1) is 23.7 Å². The molecule has 18 nitrogen and oxygen atoms in total. The Morgan fingerprint density at radius 3 is 0.964 bits per heavy atom. The third kappa shape index (κ3) is 13.7. The average molecular weight is 787 g/mol. The van der Waals surface area contributed by atoms with Crippen LogP contribution < -0.4 is 0 Å². The molecule has 2 aliphatic rings. The summed E-state index contributed by atoms with van der Waals surface area (Å²) >= 11 is 0. The highest BCUT2D eigenvalue weighted by molar-refractivity contribution is 5.70. The van der Waals surface area contributed by atoms with Gasteiger partial charge < -0.3 is 47.4 Å². The van der Waals surface area contributed by atoms with Gasteiger partial charge in [0.1, 0.15) is 25.4 Å². The van der Waals surface area contributed by atoms with E-state index < -0.39 is 122 Å².